The van der Waals surface area contributed by atoms with E-state index in [9.17, 15) is 4.79 Å². The molecule has 0 radical (unpaired) electrons. The molecule has 25 heavy (non-hydrogen) atoms. The van der Waals surface area contributed by atoms with Crippen LogP contribution in [0, 0.1) is 12.3 Å². The summed E-state index contributed by atoms with van der Waals surface area (Å²) in [5.74, 6) is 3.95. The van der Waals surface area contributed by atoms with E-state index in [1.165, 1.54) is 19.3 Å². The summed E-state index contributed by atoms with van der Waals surface area (Å²) in [5.41, 5.74) is 0.891. The van der Waals surface area contributed by atoms with Crippen LogP contribution in [0.5, 0.6) is 11.5 Å². The SMILES string of the molecule is C#CCN(C(=O)/C=C/c1ccc(OC)c(OCC)c1)C1CCCCC1. The number of methoxy groups -OCH3 is 1. The fourth-order valence-electron chi connectivity index (χ4n) is 3.21. The Balaban J connectivity index is 2.11. The van der Waals surface area contributed by atoms with Gasteiger partial charge in [-0.2, -0.15) is 0 Å². The number of carbonyl (C=O) groups excluding carboxylic acids is 1. The first-order valence-electron chi connectivity index (χ1n) is 8.92. The van der Waals surface area contributed by atoms with E-state index in [2.05, 4.69) is 5.92 Å². The predicted molar refractivity (Wildman–Crippen MR) is 101 cm³/mol. The summed E-state index contributed by atoms with van der Waals surface area (Å²) < 4.78 is 10.9. The molecule has 0 atom stereocenters. The lowest BCUT2D eigenvalue weighted by atomic mass is 9.94. The second-order valence-corrected chi connectivity index (χ2v) is 6.14. The maximum Gasteiger partial charge on any atom is 0.247 e. The van der Waals surface area contributed by atoms with Gasteiger partial charge in [-0.3, -0.25) is 4.79 Å². The van der Waals surface area contributed by atoms with Crippen LogP contribution in [0.25, 0.3) is 6.08 Å². The molecule has 0 aliphatic heterocycles. The molecule has 0 aromatic heterocycles. The van der Waals surface area contributed by atoms with E-state index < -0.39 is 0 Å². The van der Waals surface area contributed by atoms with Crippen molar-refractivity contribution in [2.24, 2.45) is 0 Å². The van der Waals surface area contributed by atoms with E-state index in [0.717, 1.165) is 18.4 Å². The average molecular weight is 341 g/mol. The zero-order chi connectivity index (χ0) is 18.1. The lowest BCUT2D eigenvalue weighted by Gasteiger charge is -2.32. The van der Waals surface area contributed by atoms with Gasteiger partial charge in [-0.1, -0.05) is 31.2 Å². The molecule has 0 unspecified atom stereocenters. The number of hydrogen-bond donors (Lipinski definition) is 0. The van der Waals surface area contributed by atoms with Gasteiger partial charge in [0.2, 0.25) is 5.91 Å². The highest BCUT2D eigenvalue weighted by atomic mass is 16.5. The summed E-state index contributed by atoms with van der Waals surface area (Å²) in [6.07, 6.45) is 14.5. The van der Waals surface area contributed by atoms with Crippen LogP contribution >= 0.6 is 0 Å². The number of ether oxygens (including phenoxy) is 2. The second-order valence-electron chi connectivity index (χ2n) is 6.14. The molecule has 0 heterocycles. The van der Waals surface area contributed by atoms with Crippen LogP contribution in [-0.4, -0.2) is 37.1 Å². The molecule has 1 amide bonds. The maximum atomic E-state index is 12.6. The molecule has 1 aliphatic carbocycles. The topological polar surface area (TPSA) is 38.8 Å². The molecule has 1 aromatic carbocycles. The van der Waals surface area contributed by atoms with E-state index in [1.54, 1.807) is 19.3 Å². The van der Waals surface area contributed by atoms with Gasteiger partial charge in [0.15, 0.2) is 11.5 Å². The largest absolute Gasteiger partial charge is 0.493 e. The van der Waals surface area contributed by atoms with Crippen molar-refractivity contribution in [1.82, 2.24) is 4.90 Å². The first-order valence-corrected chi connectivity index (χ1v) is 8.92. The van der Waals surface area contributed by atoms with Crippen molar-refractivity contribution in [1.29, 1.82) is 0 Å². The Kier molecular flexibility index (Phi) is 7.40. The average Bonchev–Trinajstić information content (AvgIpc) is 2.65. The Bertz CT molecular complexity index is 639. The van der Waals surface area contributed by atoms with E-state index in [0.29, 0.717) is 24.7 Å². The summed E-state index contributed by atoms with van der Waals surface area (Å²) in [4.78, 5) is 14.4. The minimum absolute atomic E-state index is 0.0290. The summed E-state index contributed by atoms with van der Waals surface area (Å²) in [6.45, 7) is 2.84. The third kappa shape index (κ3) is 5.29. The normalized spacial score (nSPS) is 14.9. The van der Waals surface area contributed by atoms with Crippen molar-refractivity contribution in [3.05, 3.63) is 29.8 Å². The molecule has 0 saturated heterocycles. The van der Waals surface area contributed by atoms with Crippen LogP contribution in [0.1, 0.15) is 44.6 Å². The van der Waals surface area contributed by atoms with Gasteiger partial charge in [-0.25, -0.2) is 0 Å². The molecule has 134 valence electrons. The van der Waals surface area contributed by atoms with E-state index >= 15 is 0 Å². The molecule has 0 N–H and O–H groups in total. The van der Waals surface area contributed by atoms with Crippen LogP contribution in [0.15, 0.2) is 24.3 Å². The van der Waals surface area contributed by atoms with E-state index in [4.69, 9.17) is 15.9 Å². The molecular weight excluding hydrogens is 314 g/mol. The molecule has 1 fully saturated rings. The number of carbonyl (C=O) groups is 1. The van der Waals surface area contributed by atoms with Crippen molar-refractivity contribution in [2.45, 2.75) is 45.1 Å². The fraction of sp³-hybridized carbons (Fsp3) is 0.476. The zero-order valence-electron chi connectivity index (χ0n) is 15.2. The van der Waals surface area contributed by atoms with Crippen molar-refractivity contribution < 1.29 is 14.3 Å². The van der Waals surface area contributed by atoms with Gasteiger partial charge in [0, 0.05) is 12.1 Å². The Morgan fingerprint density at radius 3 is 2.72 bits per heavy atom. The summed E-state index contributed by atoms with van der Waals surface area (Å²) in [5, 5.41) is 0. The van der Waals surface area contributed by atoms with E-state index in [-0.39, 0.29) is 11.9 Å². The number of benzene rings is 1. The molecule has 1 saturated carbocycles. The Hall–Kier alpha value is -2.41. The highest BCUT2D eigenvalue weighted by molar-refractivity contribution is 5.92. The van der Waals surface area contributed by atoms with Gasteiger partial charge in [-0.05, 0) is 43.5 Å². The zero-order valence-corrected chi connectivity index (χ0v) is 15.2. The van der Waals surface area contributed by atoms with Gasteiger partial charge in [0.05, 0.1) is 20.3 Å². The molecule has 1 aliphatic rings. The van der Waals surface area contributed by atoms with Crippen LogP contribution in [-0.2, 0) is 4.79 Å². The molecule has 4 heteroatoms. The highest BCUT2D eigenvalue weighted by Gasteiger charge is 2.23. The van der Waals surface area contributed by atoms with Crippen LogP contribution < -0.4 is 9.47 Å². The quantitative estimate of drug-likeness (QED) is 0.558. The number of nitrogens with zero attached hydrogens (tertiary/aromatic N) is 1. The monoisotopic (exact) mass is 341 g/mol. The third-order valence-electron chi connectivity index (χ3n) is 4.47. The maximum absolute atomic E-state index is 12.6. The van der Waals surface area contributed by atoms with Crippen molar-refractivity contribution >= 4 is 12.0 Å². The lowest BCUT2D eigenvalue weighted by molar-refractivity contribution is -0.128. The molecule has 0 bridgehead atoms. The summed E-state index contributed by atoms with van der Waals surface area (Å²) in [7, 11) is 1.61. The first-order chi connectivity index (χ1) is 12.2. The minimum Gasteiger partial charge on any atom is -0.493 e. The van der Waals surface area contributed by atoms with Crippen LogP contribution in [0.4, 0.5) is 0 Å². The summed E-state index contributed by atoms with van der Waals surface area (Å²) in [6, 6.07) is 5.88. The van der Waals surface area contributed by atoms with Gasteiger partial charge < -0.3 is 14.4 Å². The Morgan fingerprint density at radius 1 is 1.32 bits per heavy atom. The minimum atomic E-state index is -0.0290. The van der Waals surface area contributed by atoms with Crippen LogP contribution in [0.2, 0.25) is 0 Å². The lowest BCUT2D eigenvalue weighted by Crippen LogP contribution is -2.40. The molecule has 0 spiro atoms. The third-order valence-corrected chi connectivity index (χ3v) is 4.47. The van der Waals surface area contributed by atoms with Crippen molar-refractivity contribution in [3.63, 3.8) is 0 Å². The van der Waals surface area contributed by atoms with Crippen molar-refractivity contribution in [2.75, 3.05) is 20.3 Å². The summed E-state index contributed by atoms with van der Waals surface area (Å²) >= 11 is 0. The van der Waals surface area contributed by atoms with E-state index in [1.807, 2.05) is 30.0 Å². The first kappa shape index (κ1) is 18.9. The fourth-order valence-corrected chi connectivity index (χ4v) is 3.21. The van der Waals surface area contributed by atoms with Crippen LogP contribution in [0.3, 0.4) is 0 Å². The molecular formula is C21H27NO3. The second kappa shape index (κ2) is 9.78. The number of terminal acetylenes is 1. The Labute approximate surface area is 150 Å². The molecule has 4 nitrogen and oxygen atoms in total. The van der Waals surface area contributed by atoms with Gasteiger partial charge in [-0.15, -0.1) is 6.42 Å². The molecule has 1 aromatic rings. The highest BCUT2D eigenvalue weighted by Crippen LogP contribution is 2.28. The van der Waals surface area contributed by atoms with Gasteiger partial charge in [0.25, 0.3) is 0 Å². The number of hydrogen-bond acceptors (Lipinski definition) is 3. The standard InChI is InChI=1S/C21H27NO3/c1-4-15-22(18-9-7-6-8-10-18)21(23)14-12-17-11-13-19(24-3)20(16-17)25-5-2/h1,11-14,16,18H,5-10,15H2,2-3H3/b14-12+. The van der Waals surface area contributed by atoms with Crippen molar-refractivity contribution in [3.8, 4) is 23.8 Å². The predicted octanol–water partition coefficient (Wildman–Crippen LogP) is 3.90. The Morgan fingerprint density at radius 2 is 2.08 bits per heavy atom. The number of amides is 1. The number of rotatable bonds is 7. The van der Waals surface area contributed by atoms with Gasteiger partial charge >= 0.3 is 0 Å². The smallest absolute Gasteiger partial charge is 0.247 e. The van der Waals surface area contributed by atoms with Gasteiger partial charge in [0.1, 0.15) is 0 Å². The molecule has 2 rings (SSSR count).